The molecule has 2 aromatic heterocycles. The number of para-hydroxylation sites is 1. The minimum absolute atomic E-state index is 0.207. The summed E-state index contributed by atoms with van der Waals surface area (Å²) in [6, 6.07) is 7.13. The summed E-state index contributed by atoms with van der Waals surface area (Å²) in [5, 5.41) is 15.3. The van der Waals surface area contributed by atoms with Crippen LogP contribution in [0.3, 0.4) is 0 Å². The molecule has 2 heterocycles. The number of nitrogens with zero attached hydrogens (tertiary/aromatic N) is 3. The molecule has 5 nitrogen and oxygen atoms in total. The van der Waals surface area contributed by atoms with Crippen molar-refractivity contribution in [1.29, 1.82) is 0 Å². The number of aromatic nitrogens is 2. The van der Waals surface area contributed by atoms with Gasteiger partial charge in [-0.1, -0.05) is 39.3 Å². The highest BCUT2D eigenvalue weighted by molar-refractivity contribution is 7.19. The zero-order valence-corrected chi connectivity index (χ0v) is 17.4. The monoisotopic (exact) mass is 394 g/mol. The second-order valence-electron chi connectivity index (χ2n) is 8.12. The molecule has 146 valence electrons. The van der Waals surface area contributed by atoms with Gasteiger partial charge < -0.3 is 5.11 Å². The van der Waals surface area contributed by atoms with Crippen LogP contribution in [0.4, 0.5) is 5.82 Å². The van der Waals surface area contributed by atoms with E-state index in [1.54, 1.807) is 36.0 Å². The molecular formula is C22H26N4OS. The van der Waals surface area contributed by atoms with Crippen LogP contribution in [0.25, 0.3) is 10.2 Å². The predicted molar refractivity (Wildman–Crippen MR) is 116 cm³/mol. The van der Waals surface area contributed by atoms with E-state index in [0.717, 1.165) is 28.9 Å². The van der Waals surface area contributed by atoms with Crippen LogP contribution < -0.4 is 5.43 Å². The Balaban J connectivity index is 1.66. The van der Waals surface area contributed by atoms with Gasteiger partial charge in [0, 0.05) is 10.4 Å². The summed E-state index contributed by atoms with van der Waals surface area (Å²) in [5.41, 5.74) is 5.46. The molecule has 0 saturated carbocycles. The minimum atomic E-state index is 0.207. The number of aryl methyl sites for hydroxylation is 1. The topological polar surface area (TPSA) is 70.4 Å². The van der Waals surface area contributed by atoms with Crippen LogP contribution in [0.5, 0.6) is 5.75 Å². The SMILES string of the molecule is CCC(C)(C)[C@H]1CCc2sc3ncnc(N/N=C\c4ccccc4O)c3c2C1. The number of anilines is 1. The Hall–Kier alpha value is -2.47. The third-order valence-corrected chi connectivity index (χ3v) is 7.37. The van der Waals surface area contributed by atoms with Gasteiger partial charge in [0.05, 0.1) is 11.6 Å². The second-order valence-corrected chi connectivity index (χ2v) is 9.20. The van der Waals surface area contributed by atoms with Crippen LogP contribution in [0, 0.1) is 11.3 Å². The number of nitrogens with one attached hydrogen (secondary N) is 1. The molecule has 0 amide bonds. The van der Waals surface area contributed by atoms with E-state index in [2.05, 4.69) is 41.3 Å². The standard InChI is InChI=1S/C22H26N4OS/c1-4-22(2,3)15-9-10-18-16(11-15)19-20(23-13-24-21(19)28-18)26-25-12-14-7-5-6-8-17(14)27/h5-8,12-13,15,27H,4,9-11H2,1-3H3,(H,23,24,26)/b25-12-/t15-/m0/s1. The van der Waals surface area contributed by atoms with Crippen LogP contribution in [0.15, 0.2) is 35.7 Å². The number of fused-ring (bicyclic) bond motifs is 3. The van der Waals surface area contributed by atoms with Gasteiger partial charge in [0.1, 0.15) is 16.9 Å². The normalized spacial score (nSPS) is 17.2. The zero-order chi connectivity index (χ0) is 19.7. The van der Waals surface area contributed by atoms with Crippen LogP contribution in [-0.2, 0) is 12.8 Å². The van der Waals surface area contributed by atoms with Gasteiger partial charge in [-0.3, -0.25) is 5.43 Å². The number of hydrazone groups is 1. The molecule has 2 N–H and O–H groups in total. The van der Waals surface area contributed by atoms with Crippen LogP contribution in [0.1, 0.15) is 49.6 Å². The van der Waals surface area contributed by atoms with Crippen molar-refractivity contribution in [2.45, 2.75) is 46.5 Å². The molecule has 28 heavy (non-hydrogen) atoms. The number of thiophene rings is 1. The summed E-state index contributed by atoms with van der Waals surface area (Å²) in [7, 11) is 0. The van der Waals surface area contributed by atoms with E-state index in [0.29, 0.717) is 16.9 Å². The van der Waals surface area contributed by atoms with Gasteiger partial charge in [-0.25, -0.2) is 9.97 Å². The van der Waals surface area contributed by atoms with E-state index in [1.165, 1.54) is 23.3 Å². The van der Waals surface area contributed by atoms with Gasteiger partial charge in [0.25, 0.3) is 0 Å². The second kappa shape index (κ2) is 7.51. The molecule has 0 spiro atoms. The molecular weight excluding hydrogens is 368 g/mol. The van der Waals surface area contributed by atoms with E-state index >= 15 is 0 Å². The lowest BCUT2D eigenvalue weighted by molar-refractivity contribution is 0.184. The summed E-state index contributed by atoms with van der Waals surface area (Å²) in [5.74, 6) is 1.61. The quantitative estimate of drug-likeness (QED) is 0.450. The molecule has 1 aliphatic rings. The Morgan fingerprint density at radius 2 is 2.14 bits per heavy atom. The maximum absolute atomic E-state index is 9.89. The Morgan fingerprint density at radius 3 is 2.93 bits per heavy atom. The summed E-state index contributed by atoms with van der Waals surface area (Å²) < 4.78 is 0. The molecule has 0 fully saturated rings. The van der Waals surface area contributed by atoms with Gasteiger partial charge in [-0.15, -0.1) is 11.3 Å². The first-order valence-electron chi connectivity index (χ1n) is 9.82. The Morgan fingerprint density at radius 1 is 1.32 bits per heavy atom. The fourth-order valence-corrected chi connectivity index (χ4v) is 5.09. The average Bonchev–Trinajstić information content (AvgIpc) is 3.08. The molecule has 1 aliphatic carbocycles. The van der Waals surface area contributed by atoms with Crippen molar-refractivity contribution in [1.82, 2.24) is 9.97 Å². The Bertz CT molecular complexity index is 1020. The van der Waals surface area contributed by atoms with Crippen LogP contribution in [-0.4, -0.2) is 21.3 Å². The van der Waals surface area contributed by atoms with E-state index < -0.39 is 0 Å². The first kappa shape index (κ1) is 18.9. The average molecular weight is 395 g/mol. The first-order valence-corrected chi connectivity index (χ1v) is 10.6. The van der Waals surface area contributed by atoms with E-state index in [1.807, 2.05) is 12.1 Å². The number of phenolic OH excluding ortho intramolecular Hbond substituents is 1. The van der Waals surface area contributed by atoms with Crippen molar-refractivity contribution in [3.8, 4) is 5.75 Å². The smallest absolute Gasteiger partial charge is 0.158 e. The van der Waals surface area contributed by atoms with E-state index in [9.17, 15) is 5.11 Å². The molecule has 0 aliphatic heterocycles. The highest BCUT2D eigenvalue weighted by Crippen LogP contribution is 2.45. The molecule has 3 aromatic rings. The lowest BCUT2D eigenvalue weighted by Crippen LogP contribution is -2.28. The van der Waals surface area contributed by atoms with Crippen molar-refractivity contribution in [3.63, 3.8) is 0 Å². The molecule has 0 radical (unpaired) electrons. The van der Waals surface area contributed by atoms with Gasteiger partial charge >= 0.3 is 0 Å². The molecule has 1 atom stereocenters. The minimum Gasteiger partial charge on any atom is -0.507 e. The van der Waals surface area contributed by atoms with Gasteiger partial charge in [-0.05, 0) is 48.3 Å². The number of rotatable bonds is 5. The molecule has 1 aromatic carbocycles. The number of hydrogen-bond acceptors (Lipinski definition) is 6. The van der Waals surface area contributed by atoms with Crippen molar-refractivity contribution in [2.24, 2.45) is 16.4 Å². The predicted octanol–water partition coefficient (Wildman–Crippen LogP) is 5.38. The summed E-state index contributed by atoms with van der Waals surface area (Å²) in [6.07, 6.45) is 7.82. The fraction of sp³-hybridized carbons (Fsp3) is 0.409. The maximum atomic E-state index is 9.89. The largest absolute Gasteiger partial charge is 0.507 e. The van der Waals surface area contributed by atoms with Crippen molar-refractivity contribution < 1.29 is 5.11 Å². The highest BCUT2D eigenvalue weighted by atomic mass is 32.1. The Kier molecular flexibility index (Phi) is 5.06. The van der Waals surface area contributed by atoms with Gasteiger partial charge in [-0.2, -0.15) is 5.10 Å². The van der Waals surface area contributed by atoms with Crippen molar-refractivity contribution >= 4 is 33.6 Å². The third-order valence-electron chi connectivity index (χ3n) is 6.17. The summed E-state index contributed by atoms with van der Waals surface area (Å²) in [6.45, 7) is 7.04. The number of hydrogen-bond donors (Lipinski definition) is 2. The van der Waals surface area contributed by atoms with Crippen LogP contribution in [0.2, 0.25) is 0 Å². The molecule has 6 heteroatoms. The highest BCUT2D eigenvalue weighted by Gasteiger charge is 2.33. The number of benzene rings is 1. The van der Waals surface area contributed by atoms with E-state index in [-0.39, 0.29) is 5.75 Å². The maximum Gasteiger partial charge on any atom is 0.158 e. The molecule has 0 bridgehead atoms. The van der Waals surface area contributed by atoms with Crippen molar-refractivity contribution in [2.75, 3.05) is 5.43 Å². The number of aromatic hydroxyl groups is 1. The lowest BCUT2D eigenvalue weighted by atomic mass is 9.69. The van der Waals surface area contributed by atoms with Crippen LogP contribution >= 0.6 is 11.3 Å². The molecule has 4 rings (SSSR count). The molecule has 0 unspecified atom stereocenters. The van der Waals surface area contributed by atoms with Gasteiger partial charge in [0.15, 0.2) is 5.82 Å². The molecule has 0 saturated heterocycles. The summed E-state index contributed by atoms with van der Waals surface area (Å²) in [4.78, 5) is 11.4. The zero-order valence-electron chi connectivity index (χ0n) is 16.6. The number of phenols is 1. The third kappa shape index (κ3) is 3.49. The lowest BCUT2D eigenvalue weighted by Gasteiger charge is -2.36. The summed E-state index contributed by atoms with van der Waals surface area (Å²) >= 11 is 1.78. The van der Waals surface area contributed by atoms with E-state index in [4.69, 9.17) is 0 Å². The first-order chi connectivity index (χ1) is 13.5. The fourth-order valence-electron chi connectivity index (χ4n) is 3.91. The van der Waals surface area contributed by atoms with Crippen molar-refractivity contribution in [3.05, 3.63) is 46.6 Å². The van der Waals surface area contributed by atoms with Gasteiger partial charge in [0.2, 0.25) is 0 Å². The Labute approximate surface area is 169 Å².